The first-order valence-corrected chi connectivity index (χ1v) is 7.97. The molecule has 1 saturated heterocycles. The first-order chi connectivity index (χ1) is 11.0. The van der Waals surface area contributed by atoms with Crippen LogP contribution in [0.2, 0.25) is 0 Å². The van der Waals surface area contributed by atoms with Gasteiger partial charge < -0.3 is 24.7 Å². The fraction of sp³-hybridized carbons (Fsp3) is 0.267. The second-order valence-electron chi connectivity index (χ2n) is 4.59. The molecule has 1 fully saturated rings. The largest absolute Gasteiger partial charge is 0.550 e. The van der Waals surface area contributed by atoms with E-state index in [4.69, 9.17) is 21.7 Å². The topological polar surface area (TPSA) is 87.7 Å². The van der Waals surface area contributed by atoms with E-state index in [0.717, 1.165) is 5.56 Å². The van der Waals surface area contributed by atoms with Crippen LogP contribution in [-0.2, 0) is 9.59 Å². The van der Waals surface area contributed by atoms with E-state index in [1.54, 1.807) is 24.3 Å². The van der Waals surface area contributed by atoms with Crippen LogP contribution in [0.1, 0.15) is 18.4 Å². The van der Waals surface area contributed by atoms with E-state index < -0.39 is 5.97 Å². The highest BCUT2D eigenvalue weighted by atomic mass is 32.2. The molecular formula is C15H14NO5S2-. The number of hydrogen-bond donors (Lipinski definition) is 1. The maximum atomic E-state index is 11.6. The van der Waals surface area contributed by atoms with Gasteiger partial charge in [-0.05, 0) is 36.6 Å². The zero-order chi connectivity index (χ0) is 16.8. The molecule has 0 spiro atoms. The molecule has 0 saturated carbocycles. The Bertz CT molecular complexity index is 672. The van der Waals surface area contributed by atoms with Gasteiger partial charge in [0.2, 0.25) is 0 Å². The molecule has 1 aliphatic rings. The second-order valence-corrected chi connectivity index (χ2v) is 6.31. The minimum atomic E-state index is -1.10. The third-order valence-corrected chi connectivity index (χ3v) is 4.07. The molecule has 8 heteroatoms. The van der Waals surface area contributed by atoms with Gasteiger partial charge in [-0.2, -0.15) is 0 Å². The van der Waals surface area contributed by atoms with Gasteiger partial charge in [0.15, 0.2) is 11.5 Å². The second kappa shape index (κ2) is 7.98. The summed E-state index contributed by atoms with van der Waals surface area (Å²) < 4.78 is 11.2. The summed E-state index contributed by atoms with van der Waals surface area (Å²) in [6, 6.07) is 5.22. The molecule has 0 aromatic heterocycles. The van der Waals surface area contributed by atoms with Gasteiger partial charge in [-0.15, -0.1) is 0 Å². The fourth-order valence-corrected chi connectivity index (χ4v) is 2.91. The van der Waals surface area contributed by atoms with E-state index >= 15 is 0 Å². The summed E-state index contributed by atoms with van der Waals surface area (Å²) in [5.41, 5.74) is 0.770. The summed E-state index contributed by atoms with van der Waals surface area (Å²) in [6.07, 6.45) is 2.01. The highest BCUT2D eigenvalue weighted by molar-refractivity contribution is 8.26. The summed E-state index contributed by atoms with van der Waals surface area (Å²) in [5.74, 6) is -0.319. The van der Waals surface area contributed by atoms with Gasteiger partial charge >= 0.3 is 0 Å². The van der Waals surface area contributed by atoms with Crippen LogP contribution in [0, 0.1) is 0 Å². The molecule has 1 N–H and O–H groups in total. The molecule has 0 unspecified atom stereocenters. The number of thiocarbonyl (C=S) groups is 1. The van der Waals surface area contributed by atoms with E-state index in [-0.39, 0.29) is 18.9 Å². The van der Waals surface area contributed by atoms with Crippen molar-refractivity contribution in [3.05, 3.63) is 28.7 Å². The zero-order valence-corrected chi connectivity index (χ0v) is 13.9. The monoisotopic (exact) mass is 352 g/mol. The van der Waals surface area contributed by atoms with Crippen molar-refractivity contribution >= 4 is 46.3 Å². The van der Waals surface area contributed by atoms with Crippen LogP contribution in [0.15, 0.2) is 23.1 Å². The van der Waals surface area contributed by atoms with Crippen molar-refractivity contribution in [2.45, 2.75) is 12.8 Å². The van der Waals surface area contributed by atoms with Gasteiger partial charge in [-0.3, -0.25) is 4.79 Å². The maximum absolute atomic E-state index is 11.6. The Balaban J connectivity index is 2.07. The minimum absolute atomic E-state index is 0.0568. The van der Waals surface area contributed by atoms with Crippen molar-refractivity contribution in [1.82, 2.24) is 5.32 Å². The van der Waals surface area contributed by atoms with E-state index in [1.165, 1.54) is 18.9 Å². The lowest BCUT2D eigenvalue weighted by atomic mass is 10.2. The number of nitrogens with one attached hydrogen (secondary N) is 1. The van der Waals surface area contributed by atoms with E-state index in [2.05, 4.69) is 5.32 Å². The number of carbonyl (C=O) groups excluding carboxylic acids is 2. The third kappa shape index (κ3) is 4.97. The van der Waals surface area contributed by atoms with Gasteiger partial charge in [-0.25, -0.2) is 0 Å². The van der Waals surface area contributed by atoms with E-state index in [9.17, 15) is 14.7 Å². The molecule has 1 aromatic carbocycles. The zero-order valence-electron chi connectivity index (χ0n) is 12.3. The van der Waals surface area contributed by atoms with E-state index in [0.29, 0.717) is 27.1 Å². The third-order valence-electron chi connectivity index (χ3n) is 2.91. The molecule has 0 aliphatic carbocycles. The van der Waals surface area contributed by atoms with Crippen molar-refractivity contribution in [2.75, 3.05) is 13.7 Å². The maximum Gasteiger partial charge on any atom is 0.263 e. The number of methoxy groups -OCH3 is 1. The lowest BCUT2D eigenvalue weighted by molar-refractivity contribution is -0.305. The molecule has 6 nitrogen and oxygen atoms in total. The average molecular weight is 352 g/mol. The Hall–Kier alpha value is -2.06. The van der Waals surface area contributed by atoms with Crippen LogP contribution in [0.3, 0.4) is 0 Å². The summed E-state index contributed by atoms with van der Waals surface area (Å²) in [7, 11) is 1.51. The molecular weight excluding hydrogens is 338 g/mol. The smallest absolute Gasteiger partial charge is 0.263 e. The van der Waals surface area contributed by atoms with Gasteiger partial charge in [0.25, 0.3) is 5.91 Å². The summed E-state index contributed by atoms with van der Waals surface area (Å²) in [5, 5.41) is 12.9. The predicted molar refractivity (Wildman–Crippen MR) is 89.0 cm³/mol. The van der Waals surface area contributed by atoms with Crippen LogP contribution >= 0.6 is 24.0 Å². The molecule has 0 radical (unpaired) electrons. The molecule has 0 atom stereocenters. The molecule has 1 amide bonds. The highest BCUT2D eigenvalue weighted by Crippen LogP contribution is 2.31. The number of rotatable bonds is 7. The van der Waals surface area contributed by atoms with Crippen molar-refractivity contribution in [3.8, 4) is 11.5 Å². The first kappa shape index (κ1) is 17.3. The van der Waals surface area contributed by atoms with Crippen molar-refractivity contribution < 1.29 is 24.2 Å². The summed E-state index contributed by atoms with van der Waals surface area (Å²) in [6.45, 7) is 0.247. The molecule has 1 aliphatic heterocycles. The number of aliphatic carboxylic acids is 1. The number of amides is 1. The SMILES string of the molecule is COc1cc(/C=C2/SC(=S)NC2=O)ccc1OCCCC(=O)[O-]. The van der Waals surface area contributed by atoms with Crippen molar-refractivity contribution in [3.63, 3.8) is 0 Å². The van der Waals surface area contributed by atoms with Crippen LogP contribution in [0.25, 0.3) is 6.08 Å². The number of benzene rings is 1. The first-order valence-electron chi connectivity index (χ1n) is 6.75. The number of thioether (sulfide) groups is 1. The van der Waals surface area contributed by atoms with Crippen molar-refractivity contribution in [2.24, 2.45) is 0 Å². The van der Waals surface area contributed by atoms with Crippen molar-refractivity contribution in [1.29, 1.82) is 0 Å². The Kier molecular flexibility index (Phi) is 6.00. The van der Waals surface area contributed by atoms with Gasteiger partial charge in [0, 0.05) is 5.97 Å². The Labute approximate surface area is 142 Å². The molecule has 1 heterocycles. The highest BCUT2D eigenvalue weighted by Gasteiger charge is 2.22. The number of carbonyl (C=O) groups is 2. The normalized spacial score (nSPS) is 15.6. The van der Waals surface area contributed by atoms with Crippen LogP contribution in [-0.4, -0.2) is 29.9 Å². The van der Waals surface area contributed by atoms with Gasteiger partial charge in [0.1, 0.15) is 4.32 Å². The number of ether oxygens (including phenoxy) is 2. The summed E-state index contributed by atoms with van der Waals surface area (Å²) >= 11 is 6.14. The number of hydrogen-bond acceptors (Lipinski definition) is 7. The lowest BCUT2D eigenvalue weighted by Gasteiger charge is -2.11. The van der Waals surface area contributed by atoms with E-state index in [1.807, 2.05) is 0 Å². The molecule has 0 bridgehead atoms. The number of carboxylic acid groups (broad SMARTS) is 1. The van der Waals surface area contributed by atoms with Gasteiger partial charge in [0.05, 0.1) is 18.6 Å². The molecule has 2 rings (SSSR count). The standard InChI is InChI=1S/C15H15NO5S2/c1-20-11-7-9(8-12-14(19)16-15(22)23-12)4-5-10(11)21-6-2-3-13(17)18/h4-5,7-8H,2-3,6H2,1H3,(H,17,18)(H,16,19,22)/p-1/b12-8+. The fourth-order valence-electron chi connectivity index (χ4n) is 1.86. The number of carboxylic acids is 1. The van der Waals surface area contributed by atoms with Crippen LogP contribution in [0.4, 0.5) is 0 Å². The Morgan fingerprint density at radius 1 is 1.43 bits per heavy atom. The molecule has 122 valence electrons. The van der Waals surface area contributed by atoms with Crippen LogP contribution < -0.4 is 19.9 Å². The van der Waals surface area contributed by atoms with Crippen LogP contribution in [0.5, 0.6) is 11.5 Å². The lowest BCUT2D eigenvalue weighted by Crippen LogP contribution is -2.22. The predicted octanol–water partition coefficient (Wildman–Crippen LogP) is 1.09. The Morgan fingerprint density at radius 3 is 2.83 bits per heavy atom. The minimum Gasteiger partial charge on any atom is -0.550 e. The Morgan fingerprint density at radius 2 is 2.22 bits per heavy atom. The van der Waals surface area contributed by atoms with Gasteiger partial charge in [-0.1, -0.05) is 30.0 Å². The summed E-state index contributed by atoms with van der Waals surface area (Å²) in [4.78, 5) is 22.5. The average Bonchev–Trinajstić information content (AvgIpc) is 2.82. The molecule has 23 heavy (non-hydrogen) atoms. The molecule has 1 aromatic rings. The quantitative estimate of drug-likeness (QED) is 0.446.